The van der Waals surface area contributed by atoms with Crippen molar-refractivity contribution in [2.45, 2.75) is 12.8 Å². The summed E-state index contributed by atoms with van der Waals surface area (Å²) in [5, 5.41) is 0. The minimum atomic E-state index is 0.899. The molecule has 2 fully saturated rings. The van der Waals surface area contributed by atoms with E-state index < -0.39 is 0 Å². The Morgan fingerprint density at radius 1 is 1.50 bits per heavy atom. The van der Waals surface area contributed by atoms with Gasteiger partial charge in [0.05, 0.1) is 0 Å². The molecule has 1 nitrogen and oxygen atoms in total. The van der Waals surface area contributed by atoms with E-state index in [0.717, 1.165) is 28.6 Å². The summed E-state index contributed by atoms with van der Waals surface area (Å²) in [4.78, 5) is 0. The van der Waals surface area contributed by atoms with Gasteiger partial charge in [0.1, 0.15) is 0 Å². The van der Waals surface area contributed by atoms with Gasteiger partial charge >= 0.3 is 70.5 Å². The maximum absolute atomic E-state index is 4.13. The Bertz CT molecular complexity index is 167. The van der Waals surface area contributed by atoms with Gasteiger partial charge in [0.25, 0.3) is 0 Å². The van der Waals surface area contributed by atoms with E-state index in [2.05, 4.69) is 10.4 Å². The predicted molar refractivity (Wildman–Crippen MR) is 46.9 cm³/mol. The fourth-order valence-electron chi connectivity index (χ4n) is 2.40. The molecule has 1 heterocycles. The van der Waals surface area contributed by atoms with Crippen LogP contribution in [0.3, 0.4) is 0 Å². The number of hydrogen-bond acceptors (Lipinski definition) is 1. The summed E-state index contributed by atoms with van der Waals surface area (Å²) in [6.07, 6.45) is 2.74. The van der Waals surface area contributed by atoms with Gasteiger partial charge in [-0.25, -0.2) is 0 Å². The van der Waals surface area contributed by atoms with Gasteiger partial charge in [-0.2, -0.15) is 0 Å². The van der Waals surface area contributed by atoms with E-state index in [1.54, 1.807) is 0 Å². The van der Waals surface area contributed by atoms with Gasteiger partial charge in [-0.05, 0) is 0 Å². The third-order valence-electron chi connectivity index (χ3n) is 2.98. The van der Waals surface area contributed by atoms with Gasteiger partial charge in [-0.1, -0.05) is 0 Å². The molecular weight excluding hydrogens is 183 g/mol. The van der Waals surface area contributed by atoms with Crippen LogP contribution >= 0.6 is 0 Å². The van der Waals surface area contributed by atoms with Crippen molar-refractivity contribution in [3.05, 3.63) is 12.2 Å². The van der Waals surface area contributed by atoms with E-state index in [1.807, 2.05) is 0 Å². The Morgan fingerprint density at radius 2 is 2.30 bits per heavy atom. The Labute approximate surface area is 70.9 Å². The van der Waals surface area contributed by atoms with Gasteiger partial charge < -0.3 is 0 Å². The van der Waals surface area contributed by atoms with Crippen molar-refractivity contribution in [3.63, 3.8) is 0 Å². The summed E-state index contributed by atoms with van der Waals surface area (Å²) in [7, 11) is 0. The number of fused-ring (bicyclic) bond motifs is 1. The standard InChI is InChI=1S/C8H15GeN/c1-6-2-3-7-4-10(9)5-8(6)7/h7-8H,1-5H2,9H3. The first-order valence-electron chi connectivity index (χ1n) is 4.13. The number of nitrogens with zero attached hydrogens (tertiary/aromatic N) is 1. The van der Waals surface area contributed by atoms with Crippen molar-refractivity contribution in [1.29, 1.82) is 0 Å². The molecule has 0 aromatic heterocycles. The van der Waals surface area contributed by atoms with Crippen molar-refractivity contribution >= 4 is 16.7 Å². The van der Waals surface area contributed by atoms with Crippen LogP contribution in [0.5, 0.6) is 0 Å². The summed E-state index contributed by atoms with van der Waals surface area (Å²) >= 11 is 0.914. The van der Waals surface area contributed by atoms with Crippen LogP contribution in [-0.4, -0.2) is 33.7 Å². The van der Waals surface area contributed by atoms with E-state index in [9.17, 15) is 0 Å². The predicted octanol–water partition coefficient (Wildman–Crippen LogP) is 0.165. The molecule has 0 bridgehead atoms. The molecule has 1 saturated carbocycles. The average molecular weight is 198 g/mol. The summed E-state index contributed by atoms with van der Waals surface area (Å²) in [5.74, 6) is 1.90. The molecule has 1 aliphatic carbocycles. The van der Waals surface area contributed by atoms with E-state index in [-0.39, 0.29) is 0 Å². The minimum absolute atomic E-state index is 0.899. The number of hydrogen-bond donors (Lipinski definition) is 0. The van der Waals surface area contributed by atoms with Gasteiger partial charge in [0.2, 0.25) is 0 Å². The van der Waals surface area contributed by atoms with Crippen LogP contribution in [0.4, 0.5) is 0 Å². The van der Waals surface area contributed by atoms with E-state index in [1.165, 1.54) is 31.5 Å². The van der Waals surface area contributed by atoms with Crippen LogP contribution in [0.2, 0.25) is 0 Å². The van der Waals surface area contributed by atoms with Crippen LogP contribution in [-0.2, 0) is 0 Å². The summed E-state index contributed by atoms with van der Waals surface area (Å²) in [5.41, 5.74) is 1.54. The topological polar surface area (TPSA) is 3.24 Å². The SMILES string of the molecule is C=C1CCC2C[N]([GeH3])CC12. The fourth-order valence-corrected chi connectivity index (χ4v) is 4.21. The normalized spacial score (nSPS) is 41.0. The molecule has 0 amide bonds. The molecule has 0 radical (unpaired) electrons. The van der Waals surface area contributed by atoms with Crippen LogP contribution in [0.15, 0.2) is 12.2 Å². The van der Waals surface area contributed by atoms with E-state index >= 15 is 0 Å². The van der Waals surface area contributed by atoms with Crippen LogP contribution < -0.4 is 0 Å². The monoisotopic (exact) mass is 199 g/mol. The summed E-state index contributed by atoms with van der Waals surface area (Å²) < 4.78 is 2.62. The zero-order chi connectivity index (χ0) is 7.14. The maximum atomic E-state index is 4.13. The van der Waals surface area contributed by atoms with Gasteiger partial charge in [0.15, 0.2) is 0 Å². The zero-order valence-electron chi connectivity index (χ0n) is 6.64. The van der Waals surface area contributed by atoms with Crippen LogP contribution in [0.25, 0.3) is 0 Å². The van der Waals surface area contributed by atoms with Crippen molar-refractivity contribution in [1.82, 2.24) is 3.86 Å². The summed E-state index contributed by atoms with van der Waals surface area (Å²) in [6, 6.07) is 0. The second kappa shape index (κ2) is 2.38. The van der Waals surface area contributed by atoms with E-state index in [4.69, 9.17) is 0 Å². The second-order valence-corrected chi connectivity index (χ2v) is 6.44. The third kappa shape index (κ3) is 0.958. The molecule has 2 atom stereocenters. The second-order valence-electron chi connectivity index (χ2n) is 3.78. The van der Waals surface area contributed by atoms with Gasteiger partial charge in [0, 0.05) is 0 Å². The third-order valence-corrected chi connectivity index (χ3v) is 4.52. The Kier molecular flexibility index (Phi) is 1.65. The Hall–Kier alpha value is 0.243. The molecule has 0 aromatic rings. The van der Waals surface area contributed by atoms with Crippen molar-refractivity contribution < 1.29 is 0 Å². The average Bonchev–Trinajstić information content (AvgIpc) is 2.35. The molecule has 1 aliphatic heterocycles. The Balaban J connectivity index is 2.12. The zero-order valence-corrected chi connectivity index (χ0v) is 10.8. The van der Waals surface area contributed by atoms with Gasteiger partial charge in [-0.3, -0.25) is 0 Å². The molecular formula is C8H15GeN. The molecule has 2 heteroatoms. The summed E-state index contributed by atoms with van der Waals surface area (Å²) in [6.45, 7) is 6.87. The first-order chi connectivity index (χ1) is 4.77. The van der Waals surface area contributed by atoms with Gasteiger partial charge in [-0.15, -0.1) is 0 Å². The molecule has 0 spiro atoms. The van der Waals surface area contributed by atoms with Crippen molar-refractivity contribution in [3.8, 4) is 0 Å². The molecule has 1 saturated heterocycles. The van der Waals surface area contributed by atoms with Crippen LogP contribution in [0, 0.1) is 11.8 Å². The molecule has 0 N–H and O–H groups in total. The Morgan fingerprint density at radius 3 is 3.00 bits per heavy atom. The fraction of sp³-hybridized carbons (Fsp3) is 0.750. The molecule has 0 aromatic carbocycles. The first kappa shape index (κ1) is 6.92. The van der Waals surface area contributed by atoms with E-state index in [0.29, 0.717) is 0 Å². The molecule has 56 valence electrons. The number of rotatable bonds is 0. The van der Waals surface area contributed by atoms with Crippen LogP contribution in [0.1, 0.15) is 12.8 Å². The first-order valence-corrected chi connectivity index (χ1v) is 6.01. The quantitative estimate of drug-likeness (QED) is 0.395. The molecule has 2 aliphatic rings. The van der Waals surface area contributed by atoms with Crippen molar-refractivity contribution in [2.75, 3.05) is 13.1 Å². The molecule has 10 heavy (non-hydrogen) atoms. The van der Waals surface area contributed by atoms with Crippen molar-refractivity contribution in [2.24, 2.45) is 11.8 Å². The molecule has 2 rings (SSSR count). The molecule has 2 unspecified atom stereocenters.